The summed E-state index contributed by atoms with van der Waals surface area (Å²) in [7, 11) is 0. The molecular weight excluding hydrogens is 447 g/mol. The maximum atomic E-state index is 13.9. The Labute approximate surface area is 197 Å². The molecule has 2 fully saturated rings. The van der Waals surface area contributed by atoms with Gasteiger partial charge in [-0.15, -0.1) is 0 Å². The Kier molecular flexibility index (Phi) is 6.11. The van der Waals surface area contributed by atoms with Gasteiger partial charge in [-0.25, -0.2) is 19.2 Å². The summed E-state index contributed by atoms with van der Waals surface area (Å²) >= 11 is 5.82. The number of aromatic nitrogens is 2. The van der Waals surface area contributed by atoms with Crippen LogP contribution in [0.4, 0.5) is 15.0 Å². The van der Waals surface area contributed by atoms with E-state index in [0.29, 0.717) is 39.1 Å². The number of nitrogens with one attached hydrogen (secondary N) is 1. The first-order chi connectivity index (χ1) is 15.9. The highest BCUT2D eigenvalue weighted by atomic mass is 35.5. The average Bonchev–Trinajstić information content (AvgIpc) is 3.08. The summed E-state index contributed by atoms with van der Waals surface area (Å²) in [6, 6.07) is 4.75. The second-order valence-electron chi connectivity index (χ2n) is 9.09. The normalized spacial score (nSPS) is 22.8. The predicted molar refractivity (Wildman–Crippen MR) is 123 cm³/mol. The highest BCUT2D eigenvalue weighted by Crippen LogP contribution is 2.42. The first-order valence-corrected chi connectivity index (χ1v) is 11.8. The van der Waals surface area contributed by atoms with Gasteiger partial charge in [0, 0.05) is 51.4 Å². The number of anilines is 1. The van der Waals surface area contributed by atoms with Crippen molar-refractivity contribution in [3.05, 3.63) is 52.2 Å². The Morgan fingerprint density at radius 2 is 2.03 bits per heavy atom. The number of benzene rings is 1. The number of hydrogen-bond acceptors (Lipinski definition) is 6. The molecular formula is C23H28ClFN6O2. The van der Waals surface area contributed by atoms with Gasteiger partial charge in [0.1, 0.15) is 18.0 Å². The van der Waals surface area contributed by atoms with Crippen molar-refractivity contribution < 1.29 is 14.3 Å². The summed E-state index contributed by atoms with van der Waals surface area (Å²) in [6.07, 6.45) is 1.64. The maximum absolute atomic E-state index is 13.9. The number of piperazine rings is 1. The number of halogens is 2. The third-order valence-corrected chi connectivity index (χ3v) is 7.22. The fraction of sp³-hybridized carbons (Fsp3) is 0.522. The first kappa shape index (κ1) is 22.3. The molecule has 2 aromatic rings. The van der Waals surface area contributed by atoms with Crippen molar-refractivity contribution >= 4 is 23.4 Å². The van der Waals surface area contributed by atoms with Crippen LogP contribution in [-0.4, -0.2) is 76.2 Å². The van der Waals surface area contributed by atoms with Gasteiger partial charge in [-0.1, -0.05) is 24.6 Å². The lowest BCUT2D eigenvalue weighted by molar-refractivity contribution is 0.108. The third kappa shape index (κ3) is 4.25. The van der Waals surface area contributed by atoms with E-state index in [1.165, 1.54) is 18.5 Å². The van der Waals surface area contributed by atoms with Crippen molar-refractivity contribution in [2.45, 2.75) is 38.0 Å². The Bertz CT molecular complexity index is 1040. The molecule has 2 N–H and O–H groups in total. The lowest BCUT2D eigenvalue weighted by atomic mass is 10.1. The van der Waals surface area contributed by atoms with Crippen molar-refractivity contribution in [3.63, 3.8) is 0 Å². The average molecular weight is 475 g/mol. The Morgan fingerprint density at radius 3 is 2.70 bits per heavy atom. The van der Waals surface area contributed by atoms with E-state index in [4.69, 9.17) is 11.6 Å². The second kappa shape index (κ2) is 9.04. The van der Waals surface area contributed by atoms with Crippen LogP contribution >= 0.6 is 11.6 Å². The zero-order valence-electron chi connectivity index (χ0n) is 18.5. The molecule has 0 unspecified atom stereocenters. The zero-order chi connectivity index (χ0) is 23.1. The van der Waals surface area contributed by atoms with Crippen LogP contribution in [0.1, 0.15) is 42.2 Å². The molecule has 1 aromatic heterocycles. The molecule has 176 valence electrons. The van der Waals surface area contributed by atoms with Gasteiger partial charge in [0.05, 0.1) is 22.9 Å². The molecule has 33 heavy (non-hydrogen) atoms. The minimum absolute atomic E-state index is 0.0341. The van der Waals surface area contributed by atoms with Gasteiger partial charge in [-0.05, 0) is 30.0 Å². The van der Waals surface area contributed by atoms with Gasteiger partial charge in [0.15, 0.2) is 0 Å². The molecule has 0 radical (unpaired) electrons. The minimum Gasteiger partial charge on any atom is -0.387 e. The van der Waals surface area contributed by atoms with Gasteiger partial charge in [0.25, 0.3) is 0 Å². The van der Waals surface area contributed by atoms with Gasteiger partial charge >= 0.3 is 6.03 Å². The Morgan fingerprint density at radius 1 is 1.27 bits per heavy atom. The standard InChI is InChI=1S/C23H28ClFN6O2/c1-14-8-19(32)21-20(14)22(28-13-27-21)29-4-6-30(7-5-29)23(33)31(16-10-26-11-16)12-15-2-3-17(24)18(25)9-15/h2-3,9,13-14,16,19,26,32H,4-8,10-12H2,1H3/t14-,19-/m1/s1. The summed E-state index contributed by atoms with van der Waals surface area (Å²) < 4.78 is 13.9. The first-order valence-electron chi connectivity index (χ1n) is 11.4. The number of carbonyl (C=O) groups excluding carboxylic acids is 1. The van der Waals surface area contributed by atoms with Crippen LogP contribution in [-0.2, 0) is 6.54 Å². The van der Waals surface area contributed by atoms with E-state index in [0.717, 1.165) is 35.7 Å². The topological polar surface area (TPSA) is 84.8 Å². The molecule has 0 spiro atoms. The van der Waals surface area contributed by atoms with Gasteiger partial charge < -0.3 is 25.1 Å². The number of carbonyl (C=O) groups is 1. The van der Waals surface area contributed by atoms with Gasteiger partial charge in [-0.2, -0.15) is 0 Å². The van der Waals surface area contributed by atoms with E-state index in [-0.39, 0.29) is 23.0 Å². The Balaban J connectivity index is 1.28. The highest BCUT2D eigenvalue weighted by molar-refractivity contribution is 6.30. The lowest BCUT2D eigenvalue weighted by Crippen LogP contribution is -2.62. The molecule has 1 aliphatic carbocycles. The number of urea groups is 1. The van der Waals surface area contributed by atoms with Crippen LogP contribution in [0.2, 0.25) is 5.02 Å². The van der Waals surface area contributed by atoms with Crippen molar-refractivity contribution in [1.29, 1.82) is 0 Å². The molecule has 1 aromatic carbocycles. The number of aliphatic hydroxyl groups is 1. The van der Waals surface area contributed by atoms with E-state index >= 15 is 0 Å². The number of fused-ring (bicyclic) bond motifs is 1. The molecule has 2 aliphatic heterocycles. The smallest absolute Gasteiger partial charge is 0.320 e. The quantitative estimate of drug-likeness (QED) is 0.708. The van der Waals surface area contributed by atoms with Gasteiger partial charge in [-0.3, -0.25) is 0 Å². The van der Waals surface area contributed by atoms with Crippen molar-refractivity contribution in [3.8, 4) is 0 Å². The van der Waals surface area contributed by atoms with Crippen molar-refractivity contribution in [2.75, 3.05) is 44.2 Å². The van der Waals surface area contributed by atoms with Crippen LogP contribution in [0.3, 0.4) is 0 Å². The molecule has 2 atom stereocenters. The van der Waals surface area contributed by atoms with E-state index in [1.807, 2.05) is 9.80 Å². The van der Waals surface area contributed by atoms with E-state index in [2.05, 4.69) is 27.1 Å². The maximum Gasteiger partial charge on any atom is 0.320 e. The Hall–Kier alpha value is -2.49. The van der Waals surface area contributed by atoms with Crippen LogP contribution in [0.15, 0.2) is 24.5 Å². The van der Waals surface area contributed by atoms with Crippen LogP contribution in [0.5, 0.6) is 0 Å². The third-order valence-electron chi connectivity index (χ3n) is 6.91. The summed E-state index contributed by atoms with van der Waals surface area (Å²) in [4.78, 5) is 28.1. The van der Waals surface area contributed by atoms with E-state index in [1.54, 1.807) is 6.07 Å². The number of aliphatic hydroxyl groups excluding tert-OH is 1. The van der Waals surface area contributed by atoms with Crippen molar-refractivity contribution in [2.24, 2.45) is 0 Å². The summed E-state index contributed by atoms with van der Waals surface area (Å²) in [5.74, 6) is 0.596. The molecule has 10 heteroatoms. The number of nitrogens with zero attached hydrogens (tertiary/aromatic N) is 5. The molecule has 2 saturated heterocycles. The molecule has 0 saturated carbocycles. The number of amides is 2. The SMILES string of the molecule is C[C@@H]1C[C@@H](O)c2ncnc(N3CCN(C(=O)N(Cc4ccc(Cl)c(F)c4)C4CNC4)CC3)c21. The van der Waals surface area contributed by atoms with Gasteiger partial charge in [0.2, 0.25) is 0 Å². The van der Waals surface area contributed by atoms with E-state index < -0.39 is 11.9 Å². The fourth-order valence-electron chi connectivity index (χ4n) is 4.93. The summed E-state index contributed by atoms with van der Waals surface area (Å²) in [6.45, 7) is 6.35. The predicted octanol–water partition coefficient (Wildman–Crippen LogP) is 2.53. The summed E-state index contributed by atoms with van der Waals surface area (Å²) in [5.41, 5.74) is 2.47. The largest absolute Gasteiger partial charge is 0.387 e. The monoisotopic (exact) mass is 474 g/mol. The molecule has 3 aliphatic rings. The molecule has 0 bridgehead atoms. The van der Waals surface area contributed by atoms with E-state index in [9.17, 15) is 14.3 Å². The molecule has 8 nitrogen and oxygen atoms in total. The molecule has 2 amide bonds. The summed E-state index contributed by atoms with van der Waals surface area (Å²) in [5, 5.41) is 13.6. The zero-order valence-corrected chi connectivity index (χ0v) is 19.3. The van der Waals surface area contributed by atoms with Crippen LogP contribution in [0, 0.1) is 5.82 Å². The number of hydrogen-bond donors (Lipinski definition) is 2. The fourth-order valence-corrected chi connectivity index (χ4v) is 5.04. The second-order valence-corrected chi connectivity index (χ2v) is 9.50. The minimum atomic E-state index is -0.540. The van der Waals surface area contributed by atoms with Crippen molar-refractivity contribution in [1.82, 2.24) is 25.1 Å². The molecule has 5 rings (SSSR count). The highest BCUT2D eigenvalue weighted by Gasteiger charge is 2.36. The number of rotatable bonds is 4. The van der Waals surface area contributed by atoms with Crippen LogP contribution in [0.25, 0.3) is 0 Å². The lowest BCUT2D eigenvalue weighted by Gasteiger charge is -2.43. The molecule has 3 heterocycles. The van der Waals surface area contributed by atoms with Crippen LogP contribution < -0.4 is 10.2 Å².